The van der Waals surface area contributed by atoms with Crippen LogP contribution in [0.3, 0.4) is 0 Å². The second-order valence-corrected chi connectivity index (χ2v) is 7.93. The number of ether oxygens (including phenoxy) is 5. The van der Waals surface area contributed by atoms with Gasteiger partial charge in [0.2, 0.25) is 0 Å². The van der Waals surface area contributed by atoms with Crippen molar-refractivity contribution in [3.05, 3.63) is 0 Å². The first-order chi connectivity index (χ1) is 11.7. The van der Waals surface area contributed by atoms with Gasteiger partial charge in [-0.2, -0.15) is 0 Å². The van der Waals surface area contributed by atoms with Gasteiger partial charge in [-0.3, -0.25) is 0 Å². The Morgan fingerprint density at radius 1 is 0.750 bits per heavy atom. The van der Waals surface area contributed by atoms with Gasteiger partial charge < -0.3 is 23.7 Å². The average molecular weight is 338 g/mol. The predicted octanol–water partition coefficient (Wildman–Crippen LogP) is 2.43. The number of carbonyl (C=O) groups excluding carboxylic acids is 1. The van der Waals surface area contributed by atoms with Crippen LogP contribution in [-0.4, -0.2) is 48.6 Å². The molecule has 6 heteroatoms. The van der Waals surface area contributed by atoms with Crippen molar-refractivity contribution in [2.75, 3.05) is 6.61 Å². The van der Waals surface area contributed by atoms with Crippen LogP contribution < -0.4 is 0 Å². The SMILES string of the molecule is O=C1O[C@H](C2COC3(CCCCC3)O2)[C@@H]2OC3(CCCCC3)O[C@H]12. The van der Waals surface area contributed by atoms with E-state index in [1.165, 1.54) is 12.8 Å². The molecule has 3 heterocycles. The summed E-state index contributed by atoms with van der Waals surface area (Å²) in [7, 11) is 0. The minimum absolute atomic E-state index is 0.246. The van der Waals surface area contributed by atoms with E-state index in [0.717, 1.165) is 51.4 Å². The number of esters is 1. The molecule has 3 saturated heterocycles. The van der Waals surface area contributed by atoms with Gasteiger partial charge in [-0.25, -0.2) is 4.79 Å². The van der Waals surface area contributed by atoms with E-state index in [9.17, 15) is 4.79 Å². The second kappa shape index (κ2) is 5.66. The zero-order valence-corrected chi connectivity index (χ0v) is 14.0. The largest absolute Gasteiger partial charge is 0.455 e. The van der Waals surface area contributed by atoms with E-state index in [1.807, 2.05) is 0 Å². The molecule has 5 fully saturated rings. The van der Waals surface area contributed by atoms with Crippen LogP contribution in [0.2, 0.25) is 0 Å². The maximum absolute atomic E-state index is 12.3. The van der Waals surface area contributed by atoms with Gasteiger partial charge in [0, 0.05) is 25.7 Å². The summed E-state index contributed by atoms with van der Waals surface area (Å²) in [5, 5.41) is 0. The molecule has 0 aromatic rings. The third-order valence-electron chi connectivity index (χ3n) is 6.27. The molecule has 0 amide bonds. The summed E-state index contributed by atoms with van der Waals surface area (Å²) in [6.45, 7) is 0.470. The molecule has 24 heavy (non-hydrogen) atoms. The summed E-state index contributed by atoms with van der Waals surface area (Å²) >= 11 is 0. The highest BCUT2D eigenvalue weighted by molar-refractivity contribution is 5.78. The van der Waals surface area contributed by atoms with Crippen LogP contribution in [-0.2, 0) is 28.5 Å². The van der Waals surface area contributed by atoms with Gasteiger partial charge in [-0.15, -0.1) is 0 Å². The van der Waals surface area contributed by atoms with Crippen LogP contribution in [0.25, 0.3) is 0 Å². The molecule has 2 aliphatic carbocycles. The van der Waals surface area contributed by atoms with Gasteiger partial charge in [0.1, 0.15) is 12.2 Å². The van der Waals surface area contributed by atoms with Crippen molar-refractivity contribution in [2.45, 2.75) is 100 Å². The van der Waals surface area contributed by atoms with Crippen molar-refractivity contribution in [3.63, 3.8) is 0 Å². The highest BCUT2D eigenvalue weighted by Gasteiger charge is 2.62. The van der Waals surface area contributed by atoms with Crippen molar-refractivity contribution in [1.29, 1.82) is 0 Å². The first-order valence-corrected chi connectivity index (χ1v) is 9.57. The maximum Gasteiger partial charge on any atom is 0.338 e. The minimum Gasteiger partial charge on any atom is -0.455 e. The van der Waals surface area contributed by atoms with Gasteiger partial charge in [-0.05, 0) is 25.7 Å². The predicted molar refractivity (Wildman–Crippen MR) is 82.1 cm³/mol. The minimum atomic E-state index is -0.598. The Kier molecular flexibility index (Phi) is 3.67. The summed E-state index contributed by atoms with van der Waals surface area (Å²) in [5.74, 6) is -1.34. The number of hydrogen-bond acceptors (Lipinski definition) is 6. The molecule has 5 rings (SSSR count). The summed E-state index contributed by atoms with van der Waals surface area (Å²) in [5.41, 5.74) is 0. The topological polar surface area (TPSA) is 63.2 Å². The molecule has 1 unspecified atom stereocenters. The Morgan fingerprint density at radius 2 is 1.42 bits per heavy atom. The molecule has 2 saturated carbocycles. The van der Waals surface area contributed by atoms with Crippen LogP contribution >= 0.6 is 0 Å². The van der Waals surface area contributed by atoms with Gasteiger partial charge in [-0.1, -0.05) is 12.8 Å². The number of rotatable bonds is 1. The molecule has 6 nitrogen and oxygen atoms in total. The Bertz CT molecular complexity index is 508. The lowest BCUT2D eigenvalue weighted by atomic mass is 9.94. The van der Waals surface area contributed by atoms with Crippen LogP contribution in [0, 0.1) is 0 Å². The first-order valence-electron chi connectivity index (χ1n) is 9.57. The van der Waals surface area contributed by atoms with Crippen LogP contribution in [0.4, 0.5) is 0 Å². The van der Waals surface area contributed by atoms with Gasteiger partial charge >= 0.3 is 5.97 Å². The number of cyclic esters (lactones) is 1. The number of carbonyl (C=O) groups is 1. The highest BCUT2D eigenvalue weighted by atomic mass is 16.8. The van der Waals surface area contributed by atoms with Crippen molar-refractivity contribution >= 4 is 5.97 Å². The normalized spacial score (nSPS) is 43.2. The molecule has 5 aliphatic rings. The molecule has 4 atom stereocenters. The van der Waals surface area contributed by atoms with Gasteiger partial charge in [0.05, 0.1) is 6.61 Å². The van der Waals surface area contributed by atoms with Crippen LogP contribution in [0.1, 0.15) is 64.2 Å². The average Bonchev–Trinajstić information content (AvgIpc) is 3.24. The van der Waals surface area contributed by atoms with E-state index in [2.05, 4.69) is 0 Å². The zero-order chi connectivity index (χ0) is 16.2. The van der Waals surface area contributed by atoms with Crippen LogP contribution in [0.15, 0.2) is 0 Å². The third kappa shape index (κ3) is 2.42. The third-order valence-corrected chi connectivity index (χ3v) is 6.27. The summed E-state index contributed by atoms with van der Waals surface area (Å²) in [6.07, 6.45) is 8.87. The fraction of sp³-hybridized carbons (Fsp3) is 0.944. The van der Waals surface area contributed by atoms with Crippen LogP contribution in [0.5, 0.6) is 0 Å². The summed E-state index contributed by atoms with van der Waals surface area (Å²) < 4.78 is 30.2. The van der Waals surface area contributed by atoms with E-state index in [4.69, 9.17) is 23.7 Å². The lowest BCUT2D eigenvalue weighted by Crippen LogP contribution is -2.43. The van der Waals surface area contributed by atoms with E-state index in [1.54, 1.807) is 0 Å². The quantitative estimate of drug-likeness (QED) is 0.684. The van der Waals surface area contributed by atoms with Crippen molar-refractivity contribution in [1.82, 2.24) is 0 Å². The van der Waals surface area contributed by atoms with Gasteiger partial charge in [0.15, 0.2) is 23.8 Å². The Balaban J connectivity index is 1.31. The van der Waals surface area contributed by atoms with E-state index in [0.29, 0.717) is 6.61 Å². The molecule has 3 aliphatic heterocycles. The molecule has 0 aromatic carbocycles. The summed E-state index contributed by atoms with van der Waals surface area (Å²) in [4.78, 5) is 12.3. The molecule has 0 radical (unpaired) electrons. The molecule has 0 N–H and O–H groups in total. The van der Waals surface area contributed by atoms with Crippen molar-refractivity contribution in [3.8, 4) is 0 Å². The molecular formula is C18H26O6. The maximum atomic E-state index is 12.3. The Labute approximate surface area is 142 Å². The fourth-order valence-corrected chi connectivity index (χ4v) is 5.03. The van der Waals surface area contributed by atoms with Gasteiger partial charge in [0.25, 0.3) is 0 Å². The van der Waals surface area contributed by atoms with Crippen molar-refractivity contribution in [2.24, 2.45) is 0 Å². The lowest BCUT2D eigenvalue weighted by molar-refractivity contribution is -0.230. The number of fused-ring (bicyclic) bond motifs is 1. The smallest absolute Gasteiger partial charge is 0.338 e. The monoisotopic (exact) mass is 338 g/mol. The fourth-order valence-electron chi connectivity index (χ4n) is 5.03. The number of hydrogen-bond donors (Lipinski definition) is 0. The Morgan fingerprint density at radius 3 is 2.12 bits per heavy atom. The van der Waals surface area contributed by atoms with E-state index < -0.39 is 23.8 Å². The first kappa shape index (κ1) is 15.6. The molecule has 0 bridgehead atoms. The lowest BCUT2D eigenvalue weighted by Gasteiger charge is -2.34. The molecule has 0 aromatic heterocycles. The Hall–Kier alpha value is -0.690. The second-order valence-electron chi connectivity index (χ2n) is 7.93. The standard InChI is InChI=1S/C18H26O6/c19-16-15-14(23-18(24-15)9-5-2-6-10-18)13(21-16)12-11-20-17(22-12)7-3-1-4-8-17/h12-15H,1-11H2/t12?,13-,14+,15+/m1/s1. The molecule has 134 valence electrons. The van der Waals surface area contributed by atoms with Crippen molar-refractivity contribution < 1.29 is 28.5 Å². The van der Waals surface area contributed by atoms with E-state index >= 15 is 0 Å². The summed E-state index contributed by atoms with van der Waals surface area (Å²) in [6, 6.07) is 0. The zero-order valence-electron chi connectivity index (χ0n) is 14.0. The molecule has 2 spiro atoms. The van der Waals surface area contributed by atoms with E-state index in [-0.39, 0.29) is 18.2 Å². The highest BCUT2D eigenvalue weighted by Crippen LogP contribution is 2.47. The molecular weight excluding hydrogens is 312 g/mol.